The van der Waals surface area contributed by atoms with Crippen molar-refractivity contribution in [2.75, 3.05) is 0 Å². The van der Waals surface area contributed by atoms with E-state index >= 15 is 0 Å². The first-order chi connectivity index (χ1) is 0. The quantitative estimate of drug-likeness (QED) is 0.426. The lowest BCUT2D eigenvalue weighted by Crippen LogP contribution is 0.420. The highest BCUT2D eigenvalue weighted by molar-refractivity contribution is 6.92. The molecule has 0 aromatic rings. The van der Waals surface area contributed by atoms with Gasteiger partial charge in [0, 0.05) is 0 Å². The average molecular weight is 127 g/mol. The maximum absolute atomic E-state index is 0. The molecular weight excluding hydrogens is 121 g/mol. The summed E-state index contributed by atoms with van der Waals surface area (Å²) >= 11 is 0. The summed E-state index contributed by atoms with van der Waals surface area (Å²) in [6, 6.07) is 0. The fourth-order valence-electron chi connectivity index (χ4n) is 0. The first-order valence-electron chi connectivity index (χ1n) is 0. The van der Waals surface area contributed by atoms with Crippen molar-refractivity contribution in [3.8, 4) is 0 Å². The molecule has 0 fully saturated rings. The maximum atomic E-state index is 0. The summed E-state index contributed by atoms with van der Waals surface area (Å²) in [7, 11) is 0. The summed E-state index contributed by atoms with van der Waals surface area (Å²) < 4.78 is 0. The highest BCUT2D eigenvalue weighted by Gasteiger charge is -0.145. The largest absolute Gasteiger partial charge is 0.269 e. The molecule has 0 amide bonds. The summed E-state index contributed by atoms with van der Waals surface area (Å²) in [4.78, 5) is 0. The molecular formula is H6Cl2FP. The van der Waals surface area contributed by atoms with Crippen LogP contribution in [0.3, 0.4) is 0 Å². The number of halogens is 3. The Kier molecular flexibility index (Phi) is 836. The molecule has 0 aliphatic heterocycles. The third kappa shape index (κ3) is 12.5. The van der Waals surface area contributed by atoms with Gasteiger partial charge in [0.2, 0.25) is 0 Å². The first kappa shape index (κ1) is 86.8. The molecule has 0 rings (SSSR count). The van der Waals surface area contributed by atoms with Gasteiger partial charge in [0.05, 0.1) is 0 Å². The monoisotopic (exact) mass is 126 g/mol. The Labute approximate surface area is 40.2 Å². The third-order valence-electron chi connectivity index (χ3n) is 0. The number of rotatable bonds is 0. The maximum Gasteiger partial charge on any atom is -0.147 e. The molecule has 1 atom stereocenters. The van der Waals surface area contributed by atoms with Gasteiger partial charge in [-0.1, -0.05) is 0 Å². The minimum atomic E-state index is 0. The van der Waals surface area contributed by atoms with Crippen LogP contribution in [0, 0.1) is 0 Å². The minimum Gasteiger partial charge on any atom is -0.269 e. The van der Waals surface area contributed by atoms with Gasteiger partial charge in [-0.25, -0.2) is 0 Å². The van der Waals surface area contributed by atoms with Crippen LogP contribution in [0.1, 0.15) is 0 Å². The molecule has 0 N–H and O–H groups in total. The molecule has 1 unspecified atom stereocenters. The normalized spacial score (nSPS) is 0. The second-order valence-electron chi connectivity index (χ2n) is 0. The molecule has 32 valence electrons. The Hall–Kier alpha value is 0.940. The Morgan fingerprint density at radius 2 is 0.750 bits per heavy atom. The predicted octanol–water partition coefficient (Wildman–Crippen LogP) is 1.05. The minimum absolute atomic E-state index is 0. The molecule has 0 nitrogen and oxygen atoms in total. The van der Waals surface area contributed by atoms with E-state index in [4.69, 9.17) is 0 Å². The molecule has 0 radical (unpaired) electrons. The zero-order valence-corrected chi connectivity index (χ0v) is 4.98. The van der Waals surface area contributed by atoms with Crippen molar-refractivity contribution in [1.82, 2.24) is 0 Å². The Morgan fingerprint density at radius 3 is 0.750 bits per heavy atom. The summed E-state index contributed by atoms with van der Waals surface area (Å²) in [6.07, 6.45) is 0. The smallest absolute Gasteiger partial charge is 0.147 e. The van der Waals surface area contributed by atoms with E-state index in [0.29, 0.717) is 0 Å². The molecule has 0 aromatic heterocycles. The molecule has 4 heavy (non-hydrogen) atoms. The van der Waals surface area contributed by atoms with E-state index in [0.717, 1.165) is 0 Å². The zero-order chi connectivity index (χ0) is 0. The summed E-state index contributed by atoms with van der Waals surface area (Å²) in [6.45, 7) is 0. The van der Waals surface area contributed by atoms with Crippen molar-refractivity contribution in [3.05, 3.63) is 0 Å². The summed E-state index contributed by atoms with van der Waals surface area (Å²) in [5.74, 6) is 0. The SMILES string of the molecule is Cl.Cl.F.P. The van der Waals surface area contributed by atoms with Crippen LogP contribution in [0.15, 0.2) is 0 Å². The first-order valence-corrected chi connectivity index (χ1v) is 0. The van der Waals surface area contributed by atoms with E-state index < -0.39 is 0 Å². The fraction of sp³-hybridized carbons (Fsp3) is 0. The van der Waals surface area contributed by atoms with Crippen LogP contribution in [0.4, 0.5) is 4.70 Å². The van der Waals surface area contributed by atoms with E-state index in [-0.39, 0.29) is 39.4 Å². The molecule has 0 saturated carbocycles. The van der Waals surface area contributed by atoms with Gasteiger partial charge in [-0.15, -0.1) is 24.8 Å². The van der Waals surface area contributed by atoms with Gasteiger partial charge in [0.1, 0.15) is 0 Å². The van der Waals surface area contributed by atoms with Crippen LogP contribution in [-0.4, -0.2) is 0 Å². The molecule has 0 aliphatic carbocycles. The van der Waals surface area contributed by atoms with Crippen molar-refractivity contribution in [1.29, 1.82) is 0 Å². The van der Waals surface area contributed by atoms with E-state index in [1.807, 2.05) is 0 Å². The fourth-order valence-corrected chi connectivity index (χ4v) is 0. The molecule has 0 saturated heterocycles. The van der Waals surface area contributed by atoms with Crippen molar-refractivity contribution in [3.63, 3.8) is 0 Å². The average Bonchev–Trinajstić information content (AvgIpc) is 0. The topological polar surface area (TPSA) is 0 Å². The van der Waals surface area contributed by atoms with E-state index in [2.05, 4.69) is 0 Å². The van der Waals surface area contributed by atoms with Crippen molar-refractivity contribution < 1.29 is 4.70 Å². The van der Waals surface area contributed by atoms with Crippen LogP contribution >= 0.6 is 34.7 Å². The standard InChI is InChI=1S/2ClH.FH.H3P/h3*1H;1H3. The molecule has 0 spiro atoms. The van der Waals surface area contributed by atoms with Crippen LogP contribution in [0.25, 0.3) is 0 Å². The van der Waals surface area contributed by atoms with Crippen molar-refractivity contribution in [2.45, 2.75) is 0 Å². The highest BCUT2D eigenvalue weighted by Crippen LogP contribution is 0.861. The lowest BCUT2D eigenvalue weighted by atomic mass is 19.0. The van der Waals surface area contributed by atoms with Gasteiger partial charge in [0.25, 0.3) is 0 Å². The van der Waals surface area contributed by atoms with E-state index in [9.17, 15) is 0 Å². The van der Waals surface area contributed by atoms with Crippen LogP contribution in [0.5, 0.6) is 0 Å². The van der Waals surface area contributed by atoms with Crippen LogP contribution in [-0.2, 0) is 0 Å². The van der Waals surface area contributed by atoms with Gasteiger partial charge in [-0.2, -0.15) is 9.90 Å². The third-order valence-corrected chi connectivity index (χ3v) is 0. The van der Waals surface area contributed by atoms with Gasteiger partial charge >= 0.3 is 0 Å². The van der Waals surface area contributed by atoms with E-state index in [1.54, 1.807) is 0 Å². The summed E-state index contributed by atoms with van der Waals surface area (Å²) in [5.41, 5.74) is 0. The summed E-state index contributed by atoms with van der Waals surface area (Å²) in [5, 5.41) is 0. The van der Waals surface area contributed by atoms with Gasteiger partial charge < -0.3 is 0 Å². The molecule has 4 heteroatoms. The van der Waals surface area contributed by atoms with Crippen molar-refractivity contribution >= 4 is 34.7 Å². The lowest BCUT2D eigenvalue weighted by Gasteiger charge is -0.269. The Balaban J connectivity index is 0. The van der Waals surface area contributed by atoms with Crippen molar-refractivity contribution in [2.24, 2.45) is 0 Å². The predicted molar refractivity (Wildman–Crippen MR) is 28.1 cm³/mol. The van der Waals surface area contributed by atoms with Gasteiger partial charge in [-0.3, -0.25) is 4.70 Å². The number of hydrogen-bond donors (Lipinski definition) is 0. The Bertz CT molecular complexity index is 6.00. The molecule has 0 bridgehead atoms. The van der Waals surface area contributed by atoms with E-state index in [1.165, 1.54) is 0 Å². The van der Waals surface area contributed by atoms with Crippen LogP contribution < -0.4 is 0 Å². The number of hydrogen-bond acceptors (Lipinski definition) is 0. The molecule has 0 aliphatic rings. The zero-order valence-electron chi connectivity index (χ0n) is 1.93. The second kappa shape index (κ2) is 38.5. The highest BCUT2D eigenvalue weighted by atomic mass is 35.5. The van der Waals surface area contributed by atoms with Crippen LogP contribution in [0.2, 0.25) is 0 Å². The Morgan fingerprint density at radius 1 is 0.750 bits per heavy atom. The molecule has 0 aromatic carbocycles. The molecule has 0 heterocycles. The van der Waals surface area contributed by atoms with Gasteiger partial charge in [0.15, 0.2) is 0 Å². The van der Waals surface area contributed by atoms with Gasteiger partial charge in [-0.05, 0) is 0 Å². The lowest BCUT2D eigenvalue weighted by molar-refractivity contribution is 1.11. The second-order valence-corrected chi connectivity index (χ2v) is 0.